The van der Waals surface area contributed by atoms with Gasteiger partial charge in [-0.15, -0.1) is 0 Å². The van der Waals surface area contributed by atoms with E-state index in [-0.39, 0.29) is 18.6 Å². The Kier molecular flexibility index (Phi) is 8.15. The molecule has 190 valence electrons. The number of aliphatic hydroxyl groups excluding tert-OH is 3. The van der Waals surface area contributed by atoms with Crippen LogP contribution in [0, 0.1) is 31.6 Å². The fourth-order valence-electron chi connectivity index (χ4n) is 5.33. The van der Waals surface area contributed by atoms with Gasteiger partial charge in [-0.25, -0.2) is 4.79 Å². The molecule has 1 aliphatic heterocycles. The summed E-state index contributed by atoms with van der Waals surface area (Å²) in [5.41, 5.74) is 4.18. The van der Waals surface area contributed by atoms with Crippen molar-refractivity contribution in [1.29, 1.82) is 0 Å². The predicted molar refractivity (Wildman–Crippen MR) is 127 cm³/mol. The summed E-state index contributed by atoms with van der Waals surface area (Å²) in [6.07, 6.45) is 0.602. The number of carbonyl (C=O) groups excluding carboxylic acids is 3. The fraction of sp³-hybridized carbons (Fsp3) is 0.500. The third-order valence-electron chi connectivity index (χ3n) is 7.03. The highest BCUT2D eigenvalue weighted by Gasteiger charge is 2.57. The molecule has 0 aromatic heterocycles. The molecule has 0 saturated carbocycles. The number of aryl methyl sites for hydroxylation is 2. The highest BCUT2D eigenvalue weighted by molar-refractivity contribution is 6.16. The zero-order valence-electron chi connectivity index (χ0n) is 20.4. The van der Waals surface area contributed by atoms with Gasteiger partial charge in [0.2, 0.25) is 11.8 Å². The molecule has 1 heterocycles. The molecule has 9 nitrogen and oxygen atoms in total. The molecular formula is C26H33NO8. The van der Waals surface area contributed by atoms with Crippen LogP contribution in [0.1, 0.15) is 42.9 Å². The Hall–Kier alpha value is -3.01. The van der Waals surface area contributed by atoms with Crippen LogP contribution in [0.15, 0.2) is 28.9 Å². The third-order valence-corrected chi connectivity index (χ3v) is 7.03. The molecule has 0 unspecified atom stereocenters. The number of nitrogens with zero attached hydrogens (tertiary/aromatic N) is 1. The van der Waals surface area contributed by atoms with Crippen molar-refractivity contribution in [2.45, 2.75) is 46.1 Å². The molecule has 0 bridgehead atoms. The smallest absolute Gasteiger partial charge is 0.423 e. The molecule has 0 radical (unpaired) electrons. The molecule has 4 N–H and O–H groups in total. The van der Waals surface area contributed by atoms with E-state index >= 15 is 0 Å². The summed E-state index contributed by atoms with van der Waals surface area (Å²) in [5, 5.41) is 41.2. The van der Waals surface area contributed by atoms with Gasteiger partial charge >= 0.3 is 6.09 Å². The van der Waals surface area contributed by atoms with Crippen LogP contribution in [0.3, 0.4) is 0 Å². The van der Waals surface area contributed by atoms with Gasteiger partial charge in [-0.1, -0.05) is 11.6 Å². The summed E-state index contributed by atoms with van der Waals surface area (Å²) in [5.74, 6) is -4.03. The Labute approximate surface area is 204 Å². The summed E-state index contributed by atoms with van der Waals surface area (Å²) < 4.78 is 4.56. The summed E-state index contributed by atoms with van der Waals surface area (Å²) in [4.78, 5) is 38.1. The van der Waals surface area contributed by atoms with Crippen LogP contribution in [-0.4, -0.2) is 69.7 Å². The minimum absolute atomic E-state index is 0.0169. The molecule has 1 aromatic rings. The number of methoxy groups -OCH3 is 1. The number of likely N-dealkylation sites (tertiary alicyclic amines) is 1. The van der Waals surface area contributed by atoms with Crippen LogP contribution in [0.4, 0.5) is 4.79 Å². The van der Waals surface area contributed by atoms with Crippen LogP contribution in [0.5, 0.6) is 5.75 Å². The summed E-state index contributed by atoms with van der Waals surface area (Å²) in [6, 6.07) is 3.74. The molecule has 1 fully saturated rings. The highest BCUT2D eigenvalue weighted by atomic mass is 16.5. The second-order valence-corrected chi connectivity index (χ2v) is 9.37. The molecule has 35 heavy (non-hydrogen) atoms. The van der Waals surface area contributed by atoms with Crippen molar-refractivity contribution in [1.82, 2.24) is 4.90 Å². The number of aliphatic hydroxyl groups is 3. The van der Waals surface area contributed by atoms with Crippen LogP contribution in [0.2, 0.25) is 0 Å². The largest absolute Gasteiger partial charge is 0.507 e. The molecule has 1 aliphatic carbocycles. The van der Waals surface area contributed by atoms with Crippen LogP contribution in [0.25, 0.3) is 6.08 Å². The van der Waals surface area contributed by atoms with Gasteiger partial charge in [-0.2, -0.15) is 4.90 Å². The number of imide groups is 3. The monoisotopic (exact) mass is 487 g/mol. The first-order valence-corrected chi connectivity index (χ1v) is 11.6. The Balaban J connectivity index is 1.82. The number of ether oxygens (including phenoxy) is 1. The first-order chi connectivity index (χ1) is 16.5. The van der Waals surface area contributed by atoms with Gasteiger partial charge in [0.1, 0.15) is 5.75 Å². The fourth-order valence-corrected chi connectivity index (χ4v) is 5.33. The quantitative estimate of drug-likeness (QED) is 0.338. The van der Waals surface area contributed by atoms with Gasteiger partial charge < -0.3 is 25.2 Å². The Morgan fingerprint density at radius 1 is 1.20 bits per heavy atom. The average molecular weight is 488 g/mol. The van der Waals surface area contributed by atoms with Gasteiger partial charge in [0, 0.05) is 5.92 Å². The summed E-state index contributed by atoms with van der Waals surface area (Å²) in [6.45, 7) is 4.60. The van der Waals surface area contributed by atoms with Crippen molar-refractivity contribution in [3.63, 3.8) is 0 Å². The molecule has 1 saturated heterocycles. The molecule has 1 aromatic carbocycles. The molecule has 3 amide bonds. The topological polar surface area (TPSA) is 145 Å². The maximum absolute atomic E-state index is 12.9. The zero-order valence-corrected chi connectivity index (χ0v) is 20.4. The van der Waals surface area contributed by atoms with E-state index in [1.807, 2.05) is 39.0 Å². The van der Waals surface area contributed by atoms with E-state index in [0.717, 1.165) is 29.4 Å². The van der Waals surface area contributed by atoms with E-state index in [1.54, 1.807) is 0 Å². The molecule has 9 heteroatoms. The first kappa shape index (κ1) is 26.6. The lowest BCUT2D eigenvalue weighted by Gasteiger charge is -2.36. The van der Waals surface area contributed by atoms with E-state index in [9.17, 15) is 34.8 Å². The number of hydrogen-bond acceptors (Lipinski definition) is 8. The van der Waals surface area contributed by atoms with E-state index in [4.69, 9.17) is 0 Å². The maximum Gasteiger partial charge on any atom is 0.423 e. The number of benzene rings is 1. The molecule has 0 spiro atoms. The van der Waals surface area contributed by atoms with Gasteiger partial charge in [0.25, 0.3) is 0 Å². The van der Waals surface area contributed by atoms with Crippen molar-refractivity contribution in [3.05, 3.63) is 45.5 Å². The summed E-state index contributed by atoms with van der Waals surface area (Å²) >= 11 is 0. The number of aromatic hydroxyl groups is 1. The highest BCUT2D eigenvalue weighted by Crippen LogP contribution is 2.46. The normalized spacial score (nSPS) is 23.6. The average Bonchev–Trinajstić information content (AvgIpc) is 3.08. The number of amides is 3. The molecular weight excluding hydrogens is 454 g/mol. The van der Waals surface area contributed by atoms with Crippen molar-refractivity contribution in [2.75, 3.05) is 20.3 Å². The van der Waals surface area contributed by atoms with E-state index in [1.165, 1.54) is 0 Å². The van der Waals surface area contributed by atoms with Gasteiger partial charge in [0.15, 0.2) is 0 Å². The van der Waals surface area contributed by atoms with Crippen LogP contribution < -0.4 is 0 Å². The Morgan fingerprint density at radius 3 is 2.37 bits per heavy atom. The number of phenolic OH excluding ortho intramolecular Hbond substituents is 1. The number of phenols is 1. The second kappa shape index (κ2) is 10.7. The van der Waals surface area contributed by atoms with E-state index in [2.05, 4.69) is 4.74 Å². The van der Waals surface area contributed by atoms with Crippen molar-refractivity contribution in [2.24, 2.45) is 17.8 Å². The Bertz CT molecular complexity index is 1070. The van der Waals surface area contributed by atoms with Gasteiger partial charge in [-0.05, 0) is 80.0 Å². The van der Waals surface area contributed by atoms with E-state index in [0.29, 0.717) is 22.5 Å². The predicted octanol–water partition coefficient (Wildman–Crippen LogP) is 2.22. The number of hydrogen-bond donors (Lipinski definition) is 4. The summed E-state index contributed by atoms with van der Waals surface area (Å²) in [7, 11) is 1.07. The Morgan fingerprint density at radius 2 is 1.83 bits per heavy atom. The minimum atomic E-state index is -1.08. The molecule has 3 rings (SSSR count). The minimum Gasteiger partial charge on any atom is -0.507 e. The van der Waals surface area contributed by atoms with E-state index < -0.39 is 55.0 Å². The lowest BCUT2D eigenvalue weighted by atomic mass is 9.68. The second-order valence-electron chi connectivity index (χ2n) is 9.37. The lowest BCUT2D eigenvalue weighted by Crippen LogP contribution is -2.40. The number of allylic oxidation sites excluding steroid dienone is 1. The molecule has 2 aliphatic rings. The SMILES string of the molecule is COC(=O)N1C(=O)[C@@H]2[C@@H](CC(CO)=C([C@H](O)CC/C(C)=C/c3cc(C)c(O)c(C)c3)[C@@H]2CO)C1=O. The lowest BCUT2D eigenvalue weighted by molar-refractivity contribution is -0.137. The number of carbonyl (C=O) groups is 3. The van der Waals surface area contributed by atoms with Crippen LogP contribution >= 0.6 is 0 Å². The van der Waals surface area contributed by atoms with Gasteiger partial charge in [0.05, 0.1) is 38.3 Å². The third kappa shape index (κ3) is 5.03. The number of rotatable bonds is 7. The molecule has 4 atom stereocenters. The van der Waals surface area contributed by atoms with Crippen LogP contribution in [-0.2, 0) is 14.3 Å². The van der Waals surface area contributed by atoms with Crippen molar-refractivity contribution >= 4 is 24.0 Å². The zero-order chi connectivity index (χ0) is 26.0. The van der Waals surface area contributed by atoms with Gasteiger partial charge in [-0.3, -0.25) is 9.59 Å². The number of fused-ring (bicyclic) bond motifs is 1. The van der Waals surface area contributed by atoms with Crippen molar-refractivity contribution < 1.29 is 39.5 Å². The van der Waals surface area contributed by atoms with Crippen molar-refractivity contribution in [3.8, 4) is 5.75 Å². The standard InChI is InChI=1S/C26H33NO8/c1-13(7-16-8-14(2)23(31)15(3)9-16)5-6-20(30)21-17(11-28)10-18-22(19(21)12-29)25(33)27(24(18)32)26(34)35-4/h7-9,18-20,22,28-31H,5-6,10-12H2,1-4H3/b13-7+/t18-,19+,20-,22-/m1/s1. The maximum atomic E-state index is 12.9. The first-order valence-electron chi connectivity index (χ1n) is 11.6.